The predicted molar refractivity (Wildman–Crippen MR) is 221 cm³/mol. The summed E-state index contributed by atoms with van der Waals surface area (Å²) in [5.41, 5.74) is 6.86. The number of aliphatic hydroxyl groups excluding tert-OH is 1. The van der Waals surface area contributed by atoms with Crippen molar-refractivity contribution in [3.8, 4) is 11.1 Å². The summed E-state index contributed by atoms with van der Waals surface area (Å²) in [6, 6.07) is 34.4. The van der Waals surface area contributed by atoms with Crippen LogP contribution in [-0.2, 0) is 22.6 Å². The molecule has 1 aliphatic rings. The van der Waals surface area contributed by atoms with Crippen molar-refractivity contribution in [1.29, 1.82) is 0 Å². The van der Waals surface area contributed by atoms with E-state index in [9.17, 15) is 9.90 Å². The number of unbranched alkanes of at least 4 members (excludes halogenated alkanes) is 10. The second kappa shape index (κ2) is 23.2. The Labute approximate surface area is 325 Å². The van der Waals surface area contributed by atoms with Gasteiger partial charge in [0.1, 0.15) is 0 Å². The maximum Gasteiger partial charge on any atom is 0.251 e. The minimum atomic E-state index is -0.510. The lowest BCUT2D eigenvalue weighted by atomic mass is 9.98. The first kappa shape index (κ1) is 41.4. The molecular weight excluding hydrogens is 669 g/mol. The summed E-state index contributed by atoms with van der Waals surface area (Å²) < 4.78 is 13.7. The quantitative estimate of drug-likeness (QED) is 0.0743. The minimum Gasteiger partial charge on any atom is -0.392 e. The van der Waals surface area contributed by atoms with Gasteiger partial charge < -0.3 is 24.8 Å². The maximum absolute atomic E-state index is 12.7. The van der Waals surface area contributed by atoms with Gasteiger partial charge in [0.05, 0.1) is 18.8 Å². The number of nitrogens with one attached hydrogen (secondary N) is 1. The first-order chi connectivity index (χ1) is 26.6. The van der Waals surface area contributed by atoms with Gasteiger partial charge in [0.2, 0.25) is 0 Å². The van der Waals surface area contributed by atoms with Gasteiger partial charge in [-0.1, -0.05) is 157 Å². The van der Waals surface area contributed by atoms with Gasteiger partial charge in [0, 0.05) is 30.6 Å². The molecule has 0 bridgehead atoms. The van der Waals surface area contributed by atoms with Gasteiger partial charge in [-0.3, -0.25) is 4.79 Å². The molecule has 0 saturated carbocycles. The zero-order valence-corrected chi connectivity index (χ0v) is 32.9. The van der Waals surface area contributed by atoms with E-state index < -0.39 is 6.29 Å². The van der Waals surface area contributed by atoms with Crippen LogP contribution >= 0.6 is 0 Å². The van der Waals surface area contributed by atoms with Crippen molar-refractivity contribution in [3.05, 3.63) is 131 Å². The van der Waals surface area contributed by atoms with Crippen LogP contribution in [0.3, 0.4) is 0 Å². The van der Waals surface area contributed by atoms with Crippen molar-refractivity contribution < 1.29 is 19.4 Å². The van der Waals surface area contributed by atoms with E-state index in [0.717, 1.165) is 59.4 Å². The fourth-order valence-electron chi connectivity index (χ4n) is 7.45. The molecule has 1 fully saturated rings. The number of amides is 1. The first-order valence-electron chi connectivity index (χ1n) is 20.8. The predicted octanol–water partition coefficient (Wildman–Crippen LogP) is 11.3. The third kappa shape index (κ3) is 13.5. The van der Waals surface area contributed by atoms with Gasteiger partial charge in [-0.25, -0.2) is 0 Å². The van der Waals surface area contributed by atoms with Crippen LogP contribution in [0.1, 0.15) is 142 Å². The molecule has 1 heterocycles. The number of aliphatic hydroxyl groups is 1. The highest BCUT2D eigenvalue weighted by atomic mass is 16.7. The number of carbonyl (C=O) groups is 1. The number of hydrogen-bond acceptors (Lipinski definition) is 5. The van der Waals surface area contributed by atoms with Gasteiger partial charge in [-0.2, -0.15) is 0 Å². The van der Waals surface area contributed by atoms with Crippen LogP contribution in [0, 0.1) is 0 Å². The molecule has 0 aromatic heterocycles. The molecule has 4 aromatic rings. The molecular formula is C48H64N2O4. The standard InChI is InChI=1S/C48H64N2O4/c1-3-5-7-9-11-16-30-50(31-17-12-10-8-6-4-2)36-45-34-46(40-28-26-38(37-51)27-29-40)54-48(53-45)44-25-19-24-43(33-44)42-23-18-20-39(32-42)35-49-47(52)41-21-14-13-15-22-41/h13-15,18-29,32-33,45-46,48,51H,3-12,16-17,30-31,34-37H2,1-2H3,(H,49,52)/t45-,46+,48+/m1/s1. The van der Waals surface area contributed by atoms with Crippen LogP contribution in [0.15, 0.2) is 103 Å². The summed E-state index contributed by atoms with van der Waals surface area (Å²) in [5.74, 6) is -0.0813. The van der Waals surface area contributed by atoms with E-state index in [4.69, 9.17) is 9.47 Å². The molecule has 1 saturated heterocycles. The Hall–Kier alpha value is -3.81. The highest BCUT2D eigenvalue weighted by molar-refractivity contribution is 5.94. The van der Waals surface area contributed by atoms with Crippen molar-refractivity contribution in [2.24, 2.45) is 0 Å². The first-order valence-corrected chi connectivity index (χ1v) is 20.8. The highest BCUT2D eigenvalue weighted by Crippen LogP contribution is 2.39. The van der Waals surface area contributed by atoms with Crippen LogP contribution in [0.5, 0.6) is 0 Å². The Morgan fingerprint density at radius 1 is 0.667 bits per heavy atom. The topological polar surface area (TPSA) is 71.0 Å². The van der Waals surface area contributed by atoms with Gasteiger partial charge in [-0.05, 0) is 78.0 Å². The van der Waals surface area contributed by atoms with Crippen molar-refractivity contribution in [2.45, 2.75) is 129 Å². The lowest BCUT2D eigenvalue weighted by Gasteiger charge is -2.38. The molecule has 0 radical (unpaired) electrons. The molecule has 2 N–H and O–H groups in total. The van der Waals surface area contributed by atoms with E-state index in [-0.39, 0.29) is 24.7 Å². The fraction of sp³-hybridized carbons (Fsp3) is 0.479. The number of benzene rings is 4. The summed E-state index contributed by atoms with van der Waals surface area (Å²) in [4.78, 5) is 15.4. The van der Waals surface area contributed by atoms with Crippen LogP contribution < -0.4 is 5.32 Å². The van der Waals surface area contributed by atoms with E-state index in [1.54, 1.807) is 0 Å². The Balaban J connectivity index is 1.30. The lowest BCUT2D eigenvalue weighted by molar-refractivity contribution is -0.253. The van der Waals surface area contributed by atoms with Gasteiger partial charge >= 0.3 is 0 Å². The number of nitrogens with zero attached hydrogens (tertiary/aromatic N) is 1. The summed E-state index contributed by atoms with van der Waals surface area (Å²) in [6.07, 6.45) is 15.8. The summed E-state index contributed by atoms with van der Waals surface area (Å²) in [5, 5.41) is 12.8. The SMILES string of the molecule is CCCCCCCCN(CCCCCCCC)C[C@H]1C[C@@H](c2ccc(CO)cc2)O[C@@H](c2cccc(-c3cccc(CNC(=O)c4ccccc4)c3)c2)O1. The monoisotopic (exact) mass is 732 g/mol. The molecule has 0 spiro atoms. The van der Waals surface area contributed by atoms with Crippen molar-refractivity contribution in [2.75, 3.05) is 19.6 Å². The number of rotatable bonds is 23. The van der Waals surface area contributed by atoms with E-state index >= 15 is 0 Å². The molecule has 54 heavy (non-hydrogen) atoms. The molecule has 0 aliphatic carbocycles. The molecule has 3 atom stereocenters. The average molecular weight is 733 g/mol. The largest absolute Gasteiger partial charge is 0.392 e. The third-order valence-electron chi connectivity index (χ3n) is 10.6. The Morgan fingerprint density at radius 3 is 1.96 bits per heavy atom. The van der Waals surface area contributed by atoms with Crippen molar-refractivity contribution in [3.63, 3.8) is 0 Å². The van der Waals surface area contributed by atoms with Crippen LogP contribution in [0.4, 0.5) is 0 Å². The number of ether oxygens (including phenoxy) is 2. The number of hydrogen-bond donors (Lipinski definition) is 2. The zero-order valence-electron chi connectivity index (χ0n) is 32.9. The van der Waals surface area contributed by atoms with Crippen LogP contribution in [-0.4, -0.2) is 41.7 Å². The van der Waals surface area contributed by atoms with E-state index in [2.05, 4.69) is 72.6 Å². The Bertz CT molecular complexity index is 1630. The minimum absolute atomic E-state index is 0.0201. The van der Waals surface area contributed by atoms with Crippen LogP contribution in [0.25, 0.3) is 11.1 Å². The highest BCUT2D eigenvalue weighted by Gasteiger charge is 2.33. The molecule has 0 unspecified atom stereocenters. The smallest absolute Gasteiger partial charge is 0.251 e. The van der Waals surface area contributed by atoms with Gasteiger partial charge in [0.15, 0.2) is 6.29 Å². The summed E-state index contributed by atoms with van der Waals surface area (Å²) in [7, 11) is 0. The third-order valence-corrected chi connectivity index (χ3v) is 10.6. The van der Waals surface area contributed by atoms with Crippen molar-refractivity contribution >= 4 is 5.91 Å². The average Bonchev–Trinajstić information content (AvgIpc) is 3.22. The molecule has 1 amide bonds. The molecule has 6 heteroatoms. The lowest BCUT2D eigenvalue weighted by Crippen LogP contribution is -2.40. The molecule has 1 aliphatic heterocycles. The molecule has 5 rings (SSSR count). The maximum atomic E-state index is 12.7. The fourth-order valence-corrected chi connectivity index (χ4v) is 7.45. The Kier molecular flexibility index (Phi) is 17.8. The van der Waals surface area contributed by atoms with Crippen LogP contribution in [0.2, 0.25) is 0 Å². The second-order valence-electron chi connectivity index (χ2n) is 15.1. The van der Waals surface area contributed by atoms with Gasteiger partial charge in [-0.15, -0.1) is 0 Å². The zero-order chi connectivity index (χ0) is 37.8. The normalized spacial score (nSPS) is 17.1. The summed E-state index contributed by atoms with van der Waals surface area (Å²) >= 11 is 0. The van der Waals surface area contributed by atoms with E-state index in [1.165, 1.54) is 77.0 Å². The molecule has 290 valence electrons. The molecule has 6 nitrogen and oxygen atoms in total. The summed E-state index contributed by atoms with van der Waals surface area (Å²) in [6.45, 7) is 8.15. The van der Waals surface area contributed by atoms with E-state index in [0.29, 0.717) is 12.1 Å². The van der Waals surface area contributed by atoms with Gasteiger partial charge in [0.25, 0.3) is 5.91 Å². The van der Waals surface area contributed by atoms with E-state index in [1.807, 2.05) is 54.6 Å². The Morgan fingerprint density at radius 2 is 1.30 bits per heavy atom. The second-order valence-corrected chi connectivity index (χ2v) is 15.1. The molecule has 4 aromatic carbocycles. The number of carbonyl (C=O) groups excluding carboxylic acids is 1. The van der Waals surface area contributed by atoms with Crippen molar-refractivity contribution in [1.82, 2.24) is 10.2 Å².